The minimum atomic E-state index is 0.0212. The number of methoxy groups -OCH3 is 2. The van der Waals surface area contributed by atoms with Gasteiger partial charge >= 0.3 is 0 Å². The average Bonchev–Trinajstić information content (AvgIpc) is 2.87. The van der Waals surface area contributed by atoms with Crippen molar-refractivity contribution in [1.82, 2.24) is 9.80 Å². The van der Waals surface area contributed by atoms with Crippen molar-refractivity contribution in [1.29, 1.82) is 0 Å². The molecule has 0 aromatic rings. The molecule has 2 rings (SSSR count). The van der Waals surface area contributed by atoms with Gasteiger partial charge in [0.1, 0.15) is 0 Å². The topological polar surface area (TPSA) is 59.1 Å². The Bertz CT molecular complexity index is 737. The molecule has 0 aromatic heterocycles. The summed E-state index contributed by atoms with van der Waals surface area (Å²) in [4.78, 5) is 27.5. The predicted octanol–water partition coefficient (Wildman–Crippen LogP) is 6.74. The van der Waals surface area contributed by atoms with Gasteiger partial charge < -0.3 is 19.3 Å². The molecule has 6 nitrogen and oxygen atoms in total. The second-order valence-electron chi connectivity index (χ2n) is 11.2. The van der Waals surface area contributed by atoms with Crippen LogP contribution in [0.3, 0.4) is 0 Å². The lowest BCUT2D eigenvalue weighted by molar-refractivity contribution is -0.131. The number of amides is 2. The zero-order chi connectivity index (χ0) is 27.7. The third-order valence-electron chi connectivity index (χ3n) is 7.72. The van der Waals surface area contributed by atoms with E-state index in [1.165, 1.54) is 17.3 Å². The van der Waals surface area contributed by atoms with E-state index in [-0.39, 0.29) is 22.6 Å². The number of hydrogen-bond donors (Lipinski definition) is 0. The molecule has 37 heavy (non-hydrogen) atoms. The normalized spacial score (nSPS) is 23.1. The molecule has 2 amide bonds. The van der Waals surface area contributed by atoms with Crippen molar-refractivity contribution in [2.45, 2.75) is 89.9 Å². The monoisotopic (exact) mass is 584 g/mol. The van der Waals surface area contributed by atoms with Crippen LogP contribution in [0.1, 0.15) is 89.9 Å². The SMILES string of the molecule is COCCCC[C@@]1(CC(=O)N(C)C)CCCC=C1Br.COCCCC[C@]1(CC(=O)N(C)C)C=CCCC1. The van der Waals surface area contributed by atoms with Crippen LogP contribution in [-0.2, 0) is 19.1 Å². The fourth-order valence-corrected chi connectivity index (χ4v) is 6.05. The van der Waals surface area contributed by atoms with Gasteiger partial charge in [0.2, 0.25) is 11.8 Å². The number of allylic oxidation sites excluding steroid dienone is 4. The van der Waals surface area contributed by atoms with E-state index in [2.05, 4.69) is 34.2 Å². The van der Waals surface area contributed by atoms with E-state index >= 15 is 0 Å². The Hall–Kier alpha value is -1.18. The molecule has 2 atom stereocenters. The van der Waals surface area contributed by atoms with E-state index in [1.807, 2.05) is 28.2 Å². The molecular weight excluding hydrogens is 532 g/mol. The molecule has 2 aliphatic carbocycles. The van der Waals surface area contributed by atoms with Gasteiger partial charge in [0, 0.05) is 73.9 Å². The smallest absolute Gasteiger partial charge is 0.222 e. The van der Waals surface area contributed by atoms with Crippen molar-refractivity contribution >= 4 is 27.7 Å². The Morgan fingerprint density at radius 3 is 1.92 bits per heavy atom. The summed E-state index contributed by atoms with van der Waals surface area (Å²) in [7, 11) is 10.8. The van der Waals surface area contributed by atoms with Gasteiger partial charge in [-0.15, -0.1) is 0 Å². The van der Waals surface area contributed by atoms with Gasteiger partial charge in [-0.05, 0) is 74.1 Å². The van der Waals surface area contributed by atoms with Crippen LogP contribution in [0.2, 0.25) is 0 Å². The lowest BCUT2D eigenvalue weighted by Crippen LogP contribution is -2.33. The van der Waals surface area contributed by atoms with Gasteiger partial charge in [-0.3, -0.25) is 9.59 Å². The Balaban J connectivity index is 0.000000371. The highest BCUT2D eigenvalue weighted by Crippen LogP contribution is 2.47. The molecule has 7 heteroatoms. The van der Waals surface area contributed by atoms with Crippen LogP contribution >= 0.6 is 15.9 Å². The first kappa shape index (κ1) is 33.8. The first-order valence-corrected chi connectivity index (χ1v) is 14.8. The summed E-state index contributed by atoms with van der Waals surface area (Å²) in [5, 5.41) is 0. The highest BCUT2D eigenvalue weighted by Gasteiger charge is 2.36. The molecule has 0 unspecified atom stereocenters. The zero-order valence-corrected chi connectivity index (χ0v) is 26.0. The van der Waals surface area contributed by atoms with E-state index in [0.29, 0.717) is 12.8 Å². The van der Waals surface area contributed by atoms with Crippen LogP contribution in [0, 0.1) is 10.8 Å². The van der Waals surface area contributed by atoms with Gasteiger partial charge in [-0.1, -0.05) is 47.0 Å². The van der Waals surface area contributed by atoms with Crippen LogP contribution in [0.25, 0.3) is 0 Å². The van der Waals surface area contributed by atoms with Crippen molar-refractivity contribution < 1.29 is 19.1 Å². The summed E-state index contributed by atoms with van der Waals surface area (Å²) in [5.74, 6) is 0.465. The number of carbonyl (C=O) groups is 2. The molecule has 0 saturated heterocycles. The fraction of sp³-hybridized carbons (Fsp3) is 0.800. The molecule has 214 valence electrons. The van der Waals surface area contributed by atoms with Crippen LogP contribution in [0.5, 0.6) is 0 Å². The summed E-state index contributed by atoms with van der Waals surface area (Å²) in [6.07, 6.45) is 21.6. The average molecular weight is 586 g/mol. The molecule has 0 bridgehead atoms. The number of hydrogen-bond acceptors (Lipinski definition) is 4. The van der Waals surface area contributed by atoms with Crippen molar-refractivity contribution in [3.8, 4) is 0 Å². The Labute approximate surface area is 235 Å². The van der Waals surface area contributed by atoms with Gasteiger partial charge in [-0.25, -0.2) is 0 Å². The molecule has 0 fully saturated rings. The van der Waals surface area contributed by atoms with E-state index in [0.717, 1.165) is 77.4 Å². The molecule has 0 aromatic carbocycles. The van der Waals surface area contributed by atoms with Crippen molar-refractivity contribution in [3.63, 3.8) is 0 Å². The highest BCUT2D eigenvalue weighted by atomic mass is 79.9. The minimum absolute atomic E-state index is 0.0212. The van der Waals surface area contributed by atoms with Crippen molar-refractivity contribution in [2.75, 3.05) is 55.6 Å². The van der Waals surface area contributed by atoms with E-state index < -0.39 is 0 Å². The zero-order valence-electron chi connectivity index (χ0n) is 24.5. The number of carbonyl (C=O) groups excluding carboxylic acids is 2. The standard InChI is InChI=1S/C15H26BrNO2.C15H27NO2/c1-17(2)14(18)12-15(10-6-7-11-19-3)9-5-4-8-13(15)16;1-16(2)14(17)13-15(9-5-4-6-10-15)11-7-8-12-18-3/h8H,4-7,9-12H2,1-3H3;5,9H,4,6-8,10-13H2,1-3H3/t2*15-/m10/s1. The fourth-order valence-electron chi connectivity index (χ4n) is 5.28. The maximum atomic E-state index is 12.1. The molecule has 0 spiro atoms. The molecule has 0 aliphatic heterocycles. The van der Waals surface area contributed by atoms with Gasteiger partial charge in [0.05, 0.1) is 0 Å². The summed E-state index contributed by atoms with van der Waals surface area (Å²) in [6, 6.07) is 0. The van der Waals surface area contributed by atoms with E-state index in [9.17, 15) is 9.59 Å². The number of halogens is 1. The number of nitrogens with zero attached hydrogens (tertiary/aromatic N) is 2. The summed E-state index contributed by atoms with van der Waals surface area (Å²) >= 11 is 3.72. The summed E-state index contributed by atoms with van der Waals surface area (Å²) in [5.41, 5.74) is 0.126. The Morgan fingerprint density at radius 1 is 0.838 bits per heavy atom. The first-order valence-electron chi connectivity index (χ1n) is 14.0. The second kappa shape index (κ2) is 18.2. The van der Waals surface area contributed by atoms with Gasteiger partial charge in [0.25, 0.3) is 0 Å². The van der Waals surface area contributed by atoms with Gasteiger partial charge in [-0.2, -0.15) is 0 Å². The second-order valence-corrected chi connectivity index (χ2v) is 12.1. The lowest BCUT2D eigenvalue weighted by atomic mass is 9.72. The van der Waals surface area contributed by atoms with Crippen molar-refractivity contribution in [3.05, 3.63) is 22.7 Å². The lowest BCUT2D eigenvalue weighted by Gasteiger charge is -2.37. The summed E-state index contributed by atoms with van der Waals surface area (Å²) in [6.45, 7) is 1.63. The first-order chi connectivity index (χ1) is 17.6. The van der Waals surface area contributed by atoms with Crippen LogP contribution in [0.15, 0.2) is 22.7 Å². The number of unbranched alkanes of at least 4 members (excludes halogenated alkanes) is 2. The largest absolute Gasteiger partial charge is 0.385 e. The van der Waals surface area contributed by atoms with E-state index in [1.54, 1.807) is 24.0 Å². The maximum Gasteiger partial charge on any atom is 0.222 e. The Kier molecular flexibility index (Phi) is 16.6. The number of rotatable bonds is 14. The highest BCUT2D eigenvalue weighted by molar-refractivity contribution is 9.11. The number of ether oxygens (including phenoxy) is 2. The molecule has 2 aliphatic rings. The third-order valence-corrected chi connectivity index (χ3v) is 8.89. The molecule has 0 N–H and O–H groups in total. The quantitative estimate of drug-likeness (QED) is 0.167. The maximum absolute atomic E-state index is 12.1. The van der Waals surface area contributed by atoms with Crippen molar-refractivity contribution in [2.24, 2.45) is 10.8 Å². The van der Waals surface area contributed by atoms with Crippen LogP contribution < -0.4 is 0 Å². The van der Waals surface area contributed by atoms with E-state index in [4.69, 9.17) is 9.47 Å². The van der Waals surface area contributed by atoms with Crippen LogP contribution in [-0.4, -0.2) is 77.2 Å². The molecule has 0 heterocycles. The predicted molar refractivity (Wildman–Crippen MR) is 157 cm³/mol. The third kappa shape index (κ3) is 12.5. The molecular formula is C30H53BrN2O4. The molecule has 0 saturated carbocycles. The van der Waals surface area contributed by atoms with Gasteiger partial charge in [0.15, 0.2) is 0 Å². The minimum Gasteiger partial charge on any atom is -0.385 e. The Morgan fingerprint density at radius 2 is 1.41 bits per heavy atom. The summed E-state index contributed by atoms with van der Waals surface area (Å²) < 4.78 is 11.4. The van der Waals surface area contributed by atoms with Crippen LogP contribution in [0.4, 0.5) is 0 Å². The molecule has 0 radical (unpaired) electrons.